The van der Waals surface area contributed by atoms with Crippen molar-refractivity contribution in [2.75, 3.05) is 14.1 Å². The summed E-state index contributed by atoms with van der Waals surface area (Å²) in [6.07, 6.45) is 0. The predicted octanol–water partition coefficient (Wildman–Crippen LogP) is 3.70. The lowest BCUT2D eigenvalue weighted by Gasteiger charge is -2.28. The zero-order valence-electron chi connectivity index (χ0n) is 11.5. The molecule has 0 aliphatic rings. The second kappa shape index (κ2) is 6.44. The molecule has 104 valence electrons. The fourth-order valence-corrected chi connectivity index (χ4v) is 2.34. The average molecular weight is 289 g/mol. The first-order valence-electron chi connectivity index (χ1n) is 6.38. The Morgan fingerprint density at radius 1 is 1.05 bits per heavy atom. The number of carbonyl (C=O) groups is 1. The van der Waals surface area contributed by atoms with Crippen LogP contribution in [0.25, 0.3) is 0 Å². The molecule has 0 bridgehead atoms. The molecule has 2 rings (SSSR count). The van der Waals surface area contributed by atoms with E-state index >= 15 is 0 Å². The number of halogens is 1. The minimum absolute atomic E-state index is 0.131. The zero-order chi connectivity index (χ0) is 14.5. The Kier molecular flexibility index (Phi) is 4.64. The van der Waals surface area contributed by atoms with Gasteiger partial charge < -0.3 is 10.2 Å². The maximum Gasteiger partial charge on any atom is 0.317 e. The van der Waals surface area contributed by atoms with Gasteiger partial charge in [-0.15, -0.1) is 0 Å². The van der Waals surface area contributed by atoms with Crippen LogP contribution in [0.4, 0.5) is 4.79 Å². The standard InChI is InChI=1S/C16H17ClN2O/c1-18-16(20)19(2)15(12-6-4-3-5-7-12)13-8-10-14(17)11-9-13/h3-11,15H,1-2H3,(H,18,20). The van der Waals surface area contributed by atoms with Crippen molar-refractivity contribution in [3.8, 4) is 0 Å². The maximum absolute atomic E-state index is 12.0. The molecule has 0 fully saturated rings. The smallest absolute Gasteiger partial charge is 0.317 e. The van der Waals surface area contributed by atoms with Crippen molar-refractivity contribution < 1.29 is 4.79 Å². The van der Waals surface area contributed by atoms with Crippen molar-refractivity contribution >= 4 is 17.6 Å². The first-order chi connectivity index (χ1) is 9.63. The van der Waals surface area contributed by atoms with E-state index < -0.39 is 0 Å². The van der Waals surface area contributed by atoms with Gasteiger partial charge in [0.25, 0.3) is 0 Å². The summed E-state index contributed by atoms with van der Waals surface area (Å²) in [7, 11) is 3.41. The average Bonchev–Trinajstić information content (AvgIpc) is 2.49. The summed E-state index contributed by atoms with van der Waals surface area (Å²) in [5.74, 6) is 0. The summed E-state index contributed by atoms with van der Waals surface area (Å²) in [5.41, 5.74) is 2.08. The molecule has 2 aromatic carbocycles. The monoisotopic (exact) mass is 288 g/mol. The second-order valence-electron chi connectivity index (χ2n) is 4.53. The largest absolute Gasteiger partial charge is 0.341 e. The number of urea groups is 1. The van der Waals surface area contributed by atoms with Gasteiger partial charge in [0, 0.05) is 19.1 Å². The van der Waals surface area contributed by atoms with E-state index in [1.165, 1.54) is 0 Å². The van der Waals surface area contributed by atoms with Gasteiger partial charge >= 0.3 is 6.03 Å². The molecule has 1 N–H and O–H groups in total. The minimum Gasteiger partial charge on any atom is -0.341 e. The molecule has 0 aliphatic carbocycles. The normalized spacial score (nSPS) is 11.8. The van der Waals surface area contributed by atoms with Crippen LogP contribution in [0.2, 0.25) is 5.02 Å². The molecule has 0 saturated carbocycles. The Bertz CT molecular complexity index is 569. The molecule has 2 amide bonds. The molecule has 0 spiro atoms. The van der Waals surface area contributed by atoms with E-state index in [2.05, 4.69) is 5.32 Å². The molecule has 4 heteroatoms. The number of rotatable bonds is 3. The van der Waals surface area contributed by atoms with Gasteiger partial charge in [-0.1, -0.05) is 54.1 Å². The van der Waals surface area contributed by atoms with Crippen molar-refractivity contribution in [1.29, 1.82) is 0 Å². The van der Waals surface area contributed by atoms with Crippen LogP contribution in [0, 0.1) is 0 Å². The molecule has 2 aromatic rings. The van der Waals surface area contributed by atoms with Gasteiger partial charge in [-0.2, -0.15) is 0 Å². The number of hydrogen-bond acceptors (Lipinski definition) is 1. The molecule has 0 radical (unpaired) electrons. The molecule has 1 unspecified atom stereocenters. The highest BCUT2D eigenvalue weighted by molar-refractivity contribution is 6.30. The molecule has 0 heterocycles. The van der Waals surface area contributed by atoms with Crippen LogP contribution in [0.3, 0.4) is 0 Å². The number of nitrogens with zero attached hydrogens (tertiary/aromatic N) is 1. The molecule has 1 atom stereocenters. The van der Waals surface area contributed by atoms with Gasteiger partial charge in [-0.3, -0.25) is 0 Å². The lowest BCUT2D eigenvalue weighted by atomic mass is 9.98. The van der Waals surface area contributed by atoms with Gasteiger partial charge in [0.2, 0.25) is 0 Å². The molecule has 0 aliphatic heterocycles. The topological polar surface area (TPSA) is 32.3 Å². The van der Waals surface area contributed by atoms with E-state index in [0.717, 1.165) is 11.1 Å². The zero-order valence-corrected chi connectivity index (χ0v) is 12.3. The Morgan fingerprint density at radius 2 is 1.60 bits per heavy atom. The van der Waals surface area contributed by atoms with Crippen LogP contribution in [0.15, 0.2) is 54.6 Å². The van der Waals surface area contributed by atoms with Crippen LogP contribution >= 0.6 is 11.6 Å². The number of carbonyl (C=O) groups excluding carboxylic acids is 1. The van der Waals surface area contributed by atoms with Crippen molar-refractivity contribution in [2.45, 2.75) is 6.04 Å². The Hall–Kier alpha value is -2.00. The van der Waals surface area contributed by atoms with Crippen LogP contribution < -0.4 is 5.32 Å². The molecular weight excluding hydrogens is 272 g/mol. The summed E-state index contributed by atoms with van der Waals surface area (Å²) in [6, 6.07) is 17.2. The number of hydrogen-bond donors (Lipinski definition) is 1. The van der Waals surface area contributed by atoms with Crippen molar-refractivity contribution in [3.63, 3.8) is 0 Å². The van der Waals surface area contributed by atoms with Crippen LogP contribution in [0.5, 0.6) is 0 Å². The maximum atomic E-state index is 12.0. The summed E-state index contributed by atoms with van der Waals surface area (Å²) >= 11 is 5.94. The highest BCUT2D eigenvalue weighted by Gasteiger charge is 2.22. The number of amides is 2. The van der Waals surface area contributed by atoms with Gasteiger partial charge in [-0.05, 0) is 23.3 Å². The SMILES string of the molecule is CNC(=O)N(C)C(c1ccccc1)c1ccc(Cl)cc1. The van der Waals surface area contributed by atoms with Crippen LogP contribution in [-0.4, -0.2) is 25.0 Å². The van der Waals surface area contributed by atoms with Gasteiger partial charge in [0.05, 0.1) is 6.04 Å². The fraction of sp³-hybridized carbons (Fsp3) is 0.188. The third kappa shape index (κ3) is 3.11. The Balaban J connectivity index is 2.44. The second-order valence-corrected chi connectivity index (χ2v) is 4.97. The lowest BCUT2D eigenvalue weighted by molar-refractivity contribution is 0.200. The highest BCUT2D eigenvalue weighted by Crippen LogP contribution is 2.28. The van der Waals surface area contributed by atoms with Crippen molar-refractivity contribution in [2.24, 2.45) is 0 Å². The van der Waals surface area contributed by atoms with Crippen LogP contribution in [0.1, 0.15) is 17.2 Å². The molecule has 0 aromatic heterocycles. The van der Waals surface area contributed by atoms with Crippen LogP contribution in [-0.2, 0) is 0 Å². The summed E-state index contributed by atoms with van der Waals surface area (Å²) < 4.78 is 0. The summed E-state index contributed by atoms with van der Waals surface area (Å²) in [6.45, 7) is 0. The Labute approximate surface area is 124 Å². The number of benzene rings is 2. The molecule has 0 saturated heterocycles. The summed E-state index contributed by atoms with van der Waals surface area (Å²) in [4.78, 5) is 13.6. The minimum atomic E-state index is -0.145. The van der Waals surface area contributed by atoms with Crippen molar-refractivity contribution in [1.82, 2.24) is 10.2 Å². The first kappa shape index (κ1) is 14.4. The summed E-state index contributed by atoms with van der Waals surface area (Å²) in [5, 5.41) is 3.34. The lowest BCUT2D eigenvalue weighted by Crippen LogP contribution is -2.38. The van der Waals surface area contributed by atoms with E-state index in [1.54, 1.807) is 19.0 Å². The quantitative estimate of drug-likeness (QED) is 0.918. The Morgan fingerprint density at radius 3 is 2.15 bits per heavy atom. The molecule has 3 nitrogen and oxygen atoms in total. The van der Waals surface area contributed by atoms with E-state index in [4.69, 9.17) is 11.6 Å². The van der Waals surface area contributed by atoms with Gasteiger partial charge in [-0.25, -0.2) is 4.79 Å². The fourth-order valence-electron chi connectivity index (χ4n) is 2.21. The molecular formula is C16H17ClN2O. The van der Waals surface area contributed by atoms with Gasteiger partial charge in [0.1, 0.15) is 0 Å². The predicted molar refractivity (Wildman–Crippen MR) is 82.0 cm³/mol. The van der Waals surface area contributed by atoms with E-state index in [9.17, 15) is 4.79 Å². The van der Waals surface area contributed by atoms with E-state index in [0.29, 0.717) is 5.02 Å². The van der Waals surface area contributed by atoms with E-state index in [-0.39, 0.29) is 12.1 Å². The van der Waals surface area contributed by atoms with Crippen molar-refractivity contribution in [3.05, 3.63) is 70.7 Å². The van der Waals surface area contributed by atoms with E-state index in [1.807, 2.05) is 54.6 Å². The van der Waals surface area contributed by atoms with Gasteiger partial charge in [0.15, 0.2) is 0 Å². The first-order valence-corrected chi connectivity index (χ1v) is 6.76. The third-order valence-electron chi connectivity index (χ3n) is 3.22. The third-order valence-corrected chi connectivity index (χ3v) is 3.47. The highest BCUT2D eigenvalue weighted by atomic mass is 35.5. The number of nitrogens with one attached hydrogen (secondary N) is 1. The molecule has 20 heavy (non-hydrogen) atoms.